The summed E-state index contributed by atoms with van der Waals surface area (Å²) in [5.74, 6) is 0.456. The van der Waals surface area contributed by atoms with Crippen LogP contribution in [0.25, 0.3) is 21.9 Å². The molecule has 0 bridgehead atoms. The largest absolute Gasteiger partial charge is 0.383 e. The molecule has 0 saturated carbocycles. The van der Waals surface area contributed by atoms with E-state index in [4.69, 9.17) is 10.8 Å². The van der Waals surface area contributed by atoms with Gasteiger partial charge in [0.25, 0.3) is 0 Å². The summed E-state index contributed by atoms with van der Waals surface area (Å²) in [6.45, 7) is 6.29. The van der Waals surface area contributed by atoms with Gasteiger partial charge in [0.2, 0.25) is 0 Å². The summed E-state index contributed by atoms with van der Waals surface area (Å²) in [4.78, 5) is 13.0. The molecule has 0 radical (unpaired) electrons. The zero-order valence-electron chi connectivity index (χ0n) is 13.7. The van der Waals surface area contributed by atoms with Gasteiger partial charge in [-0.3, -0.25) is 0 Å². The lowest BCUT2D eigenvalue weighted by Gasteiger charge is -2.19. The number of hydrogen-bond acceptors (Lipinski definition) is 5. The SMILES string of the molecule is CC(C)(C)n1nc(Sc2c[nH]c3ccccc23)c2c(N)ncnc21. The zero-order chi connectivity index (χ0) is 16.9. The molecule has 0 amide bonds. The maximum Gasteiger partial charge on any atom is 0.165 e. The number of rotatable bonds is 2. The number of nitrogens with zero attached hydrogens (tertiary/aromatic N) is 4. The summed E-state index contributed by atoms with van der Waals surface area (Å²) in [7, 11) is 0. The van der Waals surface area contributed by atoms with Crippen molar-refractivity contribution in [3.63, 3.8) is 0 Å². The molecule has 3 heterocycles. The first kappa shape index (κ1) is 15.0. The van der Waals surface area contributed by atoms with Crippen LogP contribution in [-0.4, -0.2) is 24.7 Å². The maximum absolute atomic E-state index is 6.13. The van der Waals surface area contributed by atoms with E-state index in [1.54, 1.807) is 11.8 Å². The van der Waals surface area contributed by atoms with Gasteiger partial charge in [-0.2, -0.15) is 5.10 Å². The van der Waals surface area contributed by atoms with Gasteiger partial charge >= 0.3 is 0 Å². The highest BCUT2D eigenvalue weighted by Gasteiger charge is 2.24. The van der Waals surface area contributed by atoms with Gasteiger partial charge in [-0.05, 0) is 26.8 Å². The Kier molecular flexibility index (Phi) is 3.28. The molecule has 0 aliphatic rings. The van der Waals surface area contributed by atoms with Gasteiger partial charge in [-0.25, -0.2) is 14.6 Å². The van der Waals surface area contributed by atoms with Crippen molar-refractivity contribution in [2.45, 2.75) is 36.2 Å². The number of nitrogens with one attached hydrogen (secondary N) is 1. The molecule has 122 valence electrons. The first-order chi connectivity index (χ1) is 11.4. The smallest absolute Gasteiger partial charge is 0.165 e. The second kappa shape index (κ2) is 5.24. The number of nitrogens with two attached hydrogens (primary N) is 1. The fourth-order valence-corrected chi connectivity index (χ4v) is 3.75. The van der Waals surface area contributed by atoms with Crippen LogP contribution in [0.4, 0.5) is 5.82 Å². The minimum absolute atomic E-state index is 0.196. The van der Waals surface area contributed by atoms with Crippen LogP contribution in [0, 0.1) is 0 Å². The number of aromatic amines is 1. The number of hydrogen-bond donors (Lipinski definition) is 2. The molecule has 4 rings (SSSR count). The molecule has 0 aliphatic carbocycles. The predicted octanol–water partition coefficient (Wildman–Crippen LogP) is 3.80. The van der Waals surface area contributed by atoms with Crippen molar-refractivity contribution in [3.05, 3.63) is 36.8 Å². The molecule has 3 N–H and O–H groups in total. The van der Waals surface area contributed by atoms with E-state index in [9.17, 15) is 0 Å². The number of aromatic nitrogens is 5. The minimum atomic E-state index is -0.196. The van der Waals surface area contributed by atoms with Crippen LogP contribution in [0.3, 0.4) is 0 Å². The fraction of sp³-hybridized carbons (Fsp3) is 0.235. The highest BCUT2D eigenvalue weighted by molar-refractivity contribution is 7.99. The van der Waals surface area contributed by atoms with Crippen LogP contribution in [0.2, 0.25) is 0 Å². The molecule has 0 unspecified atom stereocenters. The molecule has 24 heavy (non-hydrogen) atoms. The van der Waals surface area contributed by atoms with E-state index in [0.29, 0.717) is 5.82 Å². The third-order valence-electron chi connectivity index (χ3n) is 3.86. The average molecular weight is 338 g/mol. The van der Waals surface area contributed by atoms with Crippen LogP contribution >= 0.6 is 11.8 Å². The molecule has 0 atom stereocenters. The van der Waals surface area contributed by atoms with Crippen molar-refractivity contribution < 1.29 is 0 Å². The minimum Gasteiger partial charge on any atom is -0.383 e. The highest BCUT2D eigenvalue weighted by Crippen LogP contribution is 2.38. The normalized spacial score (nSPS) is 12.3. The predicted molar refractivity (Wildman–Crippen MR) is 97.2 cm³/mol. The molecule has 7 heteroatoms. The van der Waals surface area contributed by atoms with E-state index in [1.165, 1.54) is 6.33 Å². The molecule has 0 saturated heterocycles. The molecular weight excluding hydrogens is 320 g/mol. The van der Waals surface area contributed by atoms with Crippen LogP contribution < -0.4 is 5.73 Å². The Bertz CT molecular complexity index is 1040. The molecule has 3 aromatic heterocycles. The fourth-order valence-electron chi connectivity index (χ4n) is 2.72. The standard InChI is InChI=1S/C17H18N6S/c1-17(2,3)23-15-13(14(18)20-9-21-15)16(22-23)24-12-8-19-11-7-5-4-6-10(11)12/h4-9,19H,1-3H3,(H2,18,20,21). The summed E-state index contributed by atoms with van der Waals surface area (Å²) in [6, 6.07) is 8.20. The van der Waals surface area contributed by atoms with Gasteiger partial charge < -0.3 is 10.7 Å². The van der Waals surface area contributed by atoms with Crippen LogP contribution in [0.1, 0.15) is 20.8 Å². The second-order valence-electron chi connectivity index (χ2n) is 6.65. The first-order valence-corrected chi connectivity index (χ1v) is 8.50. The number of benzene rings is 1. The quantitative estimate of drug-likeness (QED) is 0.581. The molecule has 0 fully saturated rings. The summed E-state index contributed by atoms with van der Waals surface area (Å²) < 4.78 is 1.91. The van der Waals surface area contributed by atoms with Gasteiger partial charge in [0.05, 0.1) is 10.9 Å². The lowest BCUT2D eigenvalue weighted by molar-refractivity contribution is 0.360. The van der Waals surface area contributed by atoms with Crippen molar-refractivity contribution in [1.29, 1.82) is 0 Å². The lowest BCUT2D eigenvalue weighted by atomic mass is 10.1. The molecule has 4 aromatic rings. The Balaban J connectivity index is 1.91. The molecule has 0 spiro atoms. The number of nitrogen functional groups attached to an aromatic ring is 1. The first-order valence-electron chi connectivity index (χ1n) is 7.69. The van der Waals surface area contributed by atoms with Crippen molar-refractivity contribution in [2.75, 3.05) is 5.73 Å². The van der Waals surface area contributed by atoms with Crippen molar-refractivity contribution in [2.24, 2.45) is 0 Å². The van der Waals surface area contributed by atoms with E-state index in [1.807, 2.05) is 23.0 Å². The molecule has 6 nitrogen and oxygen atoms in total. The number of anilines is 1. The zero-order valence-corrected chi connectivity index (χ0v) is 14.6. The van der Waals surface area contributed by atoms with E-state index < -0.39 is 0 Å². The summed E-state index contributed by atoms with van der Waals surface area (Å²) in [5, 5.41) is 7.58. The number of fused-ring (bicyclic) bond motifs is 2. The third-order valence-corrected chi connectivity index (χ3v) is 4.89. The van der Waals surface area contributed by atoms with Crippen LogP contribution in [0.15, 0.2) is 46.7 Å². The summed E-state index contributed by atoms with van der Waals surface area (Å²) in [6.07, 6.45) is 3.49. The monoisotopic (exact) mass is 338 g/mol. The van der Waals surface area contributed by atoms with E-state index in [2.05, 4.69) is 47.9 Å². The van der Waals surface area contributed by atoms with Crippen LogP contribution in [0.5, 0.6) is 0 Å². The Morgan fingerprint density at radius 1 is 1.17 bits per heavy atom. The Morgan fingerprint density at radius 2 is 1.96 bits per heavy atom. The van der Waals surface area contributed by atoms with Crippen molar-refractivity contribution in [3.8, 4) is 0 Å². The second-order valence-corrected chi connectivity index (χ2v) is 7.68. The van der Waals surface area contributed by atoms with Gasteiger partial charge in [-0.15, -0.1) is 0 Å². The topological polar surface area (TPSA) is 85.4 Å². The third kappa shape index (κ3) is 2.32. The van der Waals surface area contributed by atoms with Crippen LogP contribution in [-0.2, 0) is 5.54 Å². The highest BCUT2D eigenvalue weighted by atomic mass is 32.2. The summed E-state index contributed by atoms with van der Waals surface area (Å²) >= 11 is 1.58. The lowest BCUT2D eigenvalue weighted by Crippen LogP contribution is -2.23. The van der Waals surface area contributed by atoms with E-state index in [0.717, 1.165) is 31.9 Å². The van der Waals surface area contributed by atoms with Gasteiger partial charge in [-0.1, -0.05) is 30.0 Å². The van der Waals surface area contributed by atoms with Gasteiger partial charge in [0.1, 0.15) is 17.2 Å². The maximum atomic E-state index is 6.13. The molecular formula is C17H18N6S. The van der Waals surface area contributed by atoms with Gasteiger partial charge in [0, 0.05) is 22.0 Å². The Hall–Kier alpha value is -2.54. The Morgan fingerprint density at radius 3 is 2.75 bits per heavy atom. The van der Waals surface area contributed by atoms with E-state index in [-0.39, 0.29) is 5.54 Å². The van der Waals surface area contributed by atoms with Crippen molar-refractivity contribution in [1.82, 2.24) is 24.7 Å². The average Bonchev–Trinajstić information content (AvgIpc) is 3.11. The van der Waals surface area contributed by atoms with E-state index >= 15 is 0 Å². The molecule has 0 aliphatic heterocycles. The summed E-state index contributed by atoms with van der Waals surface area (Å²) in [5.41, 5.74) is 7.80. The van der Waals surface area contributed by atoms with Crippen molar-refractivity contribution >= 4 is 39.5 Å². The number of para-hydroxylation sites is 1. The number of H-pyrrole nitrogens is 1. The van der Waals surface area contributed by atoms with Gasteiger partial charge in [0.15, 0.2) is 5.65 Å². The molecule has 1 aromatic carbocycles. The Labute approximate surface area is 143 Å².